The van der Waals surface area contributed by atoms with Gasteiger partial charge in [-0.3, -0.25) is 0 Å². The van der Waals surface area contributed by atoms with Crippen LogP contribution in [0.2, 0.25) is 0 Å². The van der Waals surface area contributed by atoms with Crippen LogP contribution in [0.3, 0.4) is 0 Å². The van der Waals surface area contributed by atoms with Crippen molar-refractivity contribution in [2.24, 2.45) is 0 Å². The standard InChI is InChI=1S/C17H28N2O2/c1-11-6-7-14(20)16-13(8-12(2)15(11)16)18-9-17(3,21)10-19(4)5/h6-7,12-13,18,20-21H,8-10H2,1-5H3. The normalized spacial score (nSPS) is 24.1. The molecule has 0 amide bonds. The van der Waals surface area contributed by atoms with E-state index < -0.39 is 5.60 Å². The Hall–Kier alpha value is -1.10. The highest BCUT2D eigenvalue weighted by atomic mass is 16.3. The van der Waals surface area contributed by atoms with Crippen molar-refractivity contribution in [3.63, 3.8) is 0 Å². The maximum Gasteiger partial charge on any atom is 0.120 e. The van der Waals surface area contributed by atoms with Gasteiger partial charge in [0.15, 0.2) is 0 Å². The van der Waals surface area contributed by atoms with Gasteiger partial charge in [0, 0.05) is 24.7 Å². The zero-order valence-electron chi connectivity index (χ0n) is 13.8. The van der Waals surface area contributed by atoms with E-state index >= 15 is 0 Å². The van der Waals surface area contributed by atoms with Crippen molar-refractivity contribution in [1.29, 1.82) is 0 Å². The SMILES string of the molecule is Cc1ccc(O)c2c1C(C)CC2NCC(C)(O)CN(C)C. The minimum atomic E-state index is -0.783. The molecule has 0 aliphatic heterocycles. The lowest BCUT2D eigenvalue weighted by Crippen LogP contribution is -2.46. The zero-order chi connectivity index (χ0) is 15.8. The zero-order valence-corrected chi connectivity index (χ0v) is 13.8. The number of rotatable bonds is 5. The molecule has 0 radical (unpaired) electrons. The van der Waals surface area contributed by atoms with Crippen LogP contribution in [0.1, 0.15) is 48.9 Å². The van der Waals surface area contributed by atoms with Crippen LogP contribution in [0.5, 0.6) is 5.75 Å². The third kappa shape index (κ3) is 3.57. The first kappa shape index (κ1) is 16.3. The molecule has 1 aliphatic rings. The lowest BCUT2D eigenvalue weighted by atomic mass is 9.97. The average molecular weight is 292 g/mol. The van der Waals surface area contributed by atoms with E-state index in [4.69, 9.17) is 0 Å². The molecule has 0 fully saturated rings. The Morgan fingerprint density at radius 2 is 2.00 bits per heavy atom. The molecule has 0 aromatic heterocycles. The highest BCUT2D eigenvalue weighted by Crippen LogP contribution is 2.45. The van der Waals surface area contributed by atoms with Crippen molar-refractivity contribution in [2.75, 3.05) is 27.2 Å². The second kappa shape index (κ2) is 5.95. The number of nitrogens with zero attached hydrogens (tertiary/aromatic N) is 1. The molecule has 0 saturated heterocycles. The number of phenolic OH excluding ortho intramolecular Hbond substituents is 1. The fraction of sp³-hybridized carbons (Fsp3) is 0.647. The Kier molecular flexibility index (Phi) is 4.61. The molecule has 1 aromatic rings. The van der Waals surface area contributed by atoms with E-state index in [0.29, 0.717) is 24.8 Å². The van der Waals surface area contributed by atoms with E-state index in [2.05, 4.69) is 19.2 Å². The van der Waals surface area contributed by atoms with Gasteiger partial charge in [-0.25, -0.2) is 0 Å². The summed E-state index contributed by atoms with van der Waals surface area (Å²) in [6.07, 6.45) is 0.964. The molecule has 4 heteroatoms. The number of aromatic hydroxyl groups is 1. The molecule has 118 valence electrons. The van der Waals surface area contributed by atoms with Gasteiger partial charge in [-0.1, -0.05) is 13.0 Å². The minimum Gasteiger partial charge on any atom is -0.508 e. The van der Waals surface area contributed by atoms with Crippen molar-refractivity contribution in [2.45, 2.75) is 44.8 Å². The summed E-state index contributed by atoms with van der Waals surface area (Å²) in [5.41, 5.74) is 2.73. The molecule has 1 aliphatic carbocycles. The molecular formula is C17H28N2O2. The van der Waals surface area contributed by atoms with Crippen LogP contribution in [-0.4, -0.2) is 47.9 Å². The van der Waals surface area contributed by atoms with Gasteiger partial charge in [0.1, 0.15) is 5.75 Å². The highest BCUT2D eigenvalue weighted by Gasteiger charge is 2.33. The Labute approximate surface area is 127 Å². The highest BCUT2D eigenvalue weighted by molar-refractivity contribution is 5.50. The lowest BCUT2D eigenvalue weighted by molar-refractivity contribution is 0.0311. The predicted octanol–water partition coefficient (Wildman–Crippen LogP) is 2.15. The lowest BCUT2D eigenvalue weighted by Gasteiger charge is -2.29. The molecule has 2 rings (SSSR count). The predicted molar refractivity (Wildman–Crippen MR) is 85.8 cm³/mol. The van der Waals surface area contributed by atoms with Crippen LogP contribution in [0.25, 0.3) is 0 Å². The number of phenols is 1. The summed E-state index contributed by atoms with van der Waals surface area (Å²) >= 11 is 0. The van der Waals surface area contributed by atoms with Gasteiger partial charge in [-0.05, 0) is 57.5 Å². The molecule has 3 unspecified atom stereocenters. The summed E-state index contributed by atoms with van der Waals surface area (Å²) in [5, 5.41) is 24.1. The summed E-state index contributed by atoms with van der Waals surface area (Å²) in [7, 11) is 3.91. The molecule has 3 N–H and O–H groups in total. The maximum atomic E-state index is 10.4. The second-order valence-electron chi connectivity index (χ2n) is 7.03. The fourth-order valence-corrected chi connectivity index (χ4v) is 3.61. The van der Waals surface area contributed by atoms with Gasteiger partial charge < -0.3 is 20.4 Å². The van der Waals surface area contributed by atoms with E-state index in [1.165, 1.54) is 11.1 Å². The number of likely N-dealkylation sites (N-methyl/N-ethyl adjacent to an activating group) is 1. The van der Waals surface area contributed by atoms with Crippen molar-refractivity contribution in [1.82, 2.24) is 10.2 Å². The van der Waals surface area contributed by atoms with E-state index in [0.717, 1.165) is 12.0 Å². The number of hydrogen-bond donors (Lipinski definition) is 3. The van der Waals surface area contributed by atoms with Gasteiger partial charge in [-0.2, -0.15) is 0 Å². The average Bonchev–Trinajstić information content (AvgIpc) is 2.68. The summed E-state index contributed by atoms with van der Waals surface area (Å²) in [4.78, 5) is 1.98. The van der Waals surface area contributed by atoms with Crippen molar-refractivity contribution in [3.8, 4) is 5.75 Å². The smallest absolute Gasteiger partial charge is 0.120 e. The largest absolute Gasteiger partial charge is 0.508 e. The number of fused-ring (bicyclic) bond motifs is 1. The van der Waals surface area contributed by atoms with E-state index in [-0.39, 0.29) is 6.04 Å². The molecule has 3 atom stereocenters. The van der Waals surface area contributed by atoms with Crippen LogP contribution in [0, 0.1) is 6.92 Å². The van der Waals surface area contributed by atoms with Crippen LogP contribution in [0.4, 0.5) is 0 Å². The quantitative estimate of drug-likeness (QED) is 0.778. The first-order valence-electron chi connectivity index (χ1n) is 7.64. The molecule has 0 bridgehead atoms. The summed E-state index contributed by atoms with van der Waals surface area (Å²) in [6, 6.07) is 3.87. The third-order valence-electron chi connectivity index (χ3n) is 4.30. The topological polar surface area (TPSA) is 55.7 Å². The minimum absolute atomic E-state index is 0.114. The van der Waals surface area contributed by atoms with E-state index in [1.807, 2.05) is 32.0 Å². The van der Waals surface area contributed by atoms with Crippen LogP contribution in [0.15, 0.2) is 12.1 Å². The van der Waals surface area contributed by atoms with Crippen molar-refractivity contribution < 1.29 is 10.2 Å². The van der Waals surface area contributed by atoms with Crippen LogP contribution < -0.4 is 5.32 Å². The number of nitrogens with one attached hydrogen (secondary N) is 1. The number of benzene rings is 1. The van der Waals surface area contributed by atoms with Gasteiger partial charge in [0.2, 0.25) is 0 Å². The van der Waals surface area contributed by atoms with E-state index in [1.54, 1.807) is 6.07 Å². The molecule has 4 nitrogen and oxygen atoms in total. The van der Waals surface area contributed by atoms with Crippen LogP contribution >= 0.6 is 0 Å². The first-order chi connectivity index (χ1) is 9.71. The third-order valence-corrected chi connectivity index (χ3v) is 4.30. The molecule has 21 heavy (non-hydrogen) atoms. The molecular weight excluding hydrogens is 264 g/mol. The summed E-state index contributed by atoms with van der Waals surface area (Å²) in [5.74, 6) is 0.799. The maximum absolute atomic E-state index is 10.4. The summed E-state index contributed by atoms with van der Waals surface area (Å²) < 4.78 is 0. The number of aryl methyl sites for hydroxylation is 1. The fourth-order valence-electron chi connectivity index (χ4n) is 3.61. The Bertz CT molecular complexity index is 512. The van der Waals surface area contributed by atoms with Gasteiger partial charge in [0.25, 0.3) is 0 Å². The molecule has 0 saturated carbocycles. The number of aliphatic hydroxyl groups is 1. The molecule has 0 spiro atoms. The Morgan fingerprint density at radius 3 is 2.62 bits per heavy atom. The molecule has 1 aromatic carbocycles. The van der Waals surface area contributed by atoms with Crippen LogP contribution in [-0.2, 0) is 0 Å². The second-order valence-corrected chi connectivity index (χ2v) is 7.03. The van der Waals surface area contributed by atoms with Gasteiger partial charge in [-0.15, -0.1) is 0 Å². The first-order valence-corrected chi connectivity index (χ1v) is 7.64. The Morgan fingerprint density at radius 1 is 1.33 bits per heavy atom. The van der Waals surface area contributed by atoms with Crippen molar-refractivity contribution in [3.05, 3.63) is 28.8 Å². The summed E-state index contributed by atoms with van der Waals surface area (Å²) in [6.45, 7) is 7.25. The van der Waals surface area contributed by atoms with Gasteiger partial charge >= 0.3 is 0 Å². The van der Waals surface area contributed by atoms with Crippen molar-refractivity contribution >= 4 is 0 Å². The number of hydrogen-bond acceptors (Lipinski definition) is 4. The monoisotopic (exact) mass is 292 g/mol. The molecule has 0 heterocycles. The Balaban J connectivity index is 2.13. The van der Waals surface area contributed by atoms with Gasteiger partial charge in [0.05, 0.1) is 5.60 Å². The van der Waals surface area contributed by atoms with E-state index in [9.17, 15) is 10.2 Å².